The number of hydrogen-bond acceptors (Lipinski definition) is 2. The van der Waals surface area contributed by atoms with Crippen molar-refractivity contribution < 1.29 is 9.59 Å². The van der Waals surface area contributed by atoms with Gasteiger partial charge in [-0.3, -0.25) is 4.90 Å². The molecular formula is C16H14N3O2. The molecule has 5 nitrogen and oxygen atoms in total. The SMILES string of the molecule is O=C1[N]C(=O)N(c2ccccc2)CN1Cc1ccccc1. The highest BCUT2D eigenvalue weighted by Crippen LogP contribution is 2.18. The molecular weight excluding hydrogens is 266 g/mol. The van der Waals surface area contributed by atoms with Gasteiger partial charge in [0.1, 0.15) is 6.67 Å². The van der Waals surface area contributed by atoms with E-state index in [1.165, 1.54) is 4.90 Å². The van der Waals surface area contributed by atoms with Gasteiger partial charge in [-0.2, -0.15) is 0 Å². The maximum absolute atomic E-state index is 11.9. The first-order chi connectivity index (χ1) is 10.2. The summed E-state index contributed by atoms with van der Waals surface area (Å²) in [7, 11) is 0. The van der Waals surface area contributed by atoms with E-state index >= 15 is 0 Å². The molecule has 0 atom stereocenters. The zero-order chi connectivity index (χ0) is 14.7. The Kier molecular flexibility index (Phi) is 3.55. The van der Waals surface area contributed by atoms with Crippen LogP contribution < -0.4 is 10.2 Å². The van der Waals surface area contributed by atoms with Crippen LogP contribution in [0.1, 0.15) is 5.56 Å². The van der Waals surface area contributed by atoms with E-state index < -0.39 is 12.1 Å². The quantitative estimate of drug-likeness (QED) is 0.868. The smallest absolute Gasteiger partial charge is 0.300 e. The zero-order valence-electron chi connectivity index (χ0n) is 11.3. The van der Waals surface area contributed by atoms with Crippen LogP contribution in [0, 0.1) is 0 Å². The summed E-state index contributed by atoms with van der Waals surface area (Å²) < 4.78 is 0. The van der Waals surface area contributed by atoms with E-state index in [1.807, 2.05) is 60.7 Å². The average Bonchev–Trinajstić information content (AvgIpc) is 2.52. The Morgan fingerprint density at radius 1 is 0.857 bits per heavy atom. The Hall–Kier alpha value is -2.82. The second-order valence-electron chi connectivity index (χ2n) is 4.77. The van der Waals surface area contributed by atoms with Crippen molar-refractivity contribution >= 4 is 17.7 Å². The van der Waals surface area contributed by atoms with Crippen molar-refractivity contribution in [2.75, 3.05) is 11.6 Å². The Balaban J connectivity index is 1.79. The third-order valence-corrected chi connectivity index (χ3v) is 3.29. The van der Waals surface area contributed by atoms with Gasteiger partial charge in [-0.15, -0.1) is 5.32 Å². The van der Waals surface area contributed by atoms with Crippen molar-refractivity contribution in [3.8, 4) is 0 Å². The highest BCUT2D eigenvalue weighted by Gasteiger charge is 2.31. The second kappa shape index (κ2) is 5.66. The van der Waals surface area contributed by atoms with Crippen LogP contribution in [0.5, 0.6) is 0 Å². The van der Waals surface area contributed by atoms with Gasteiger partial charge in [0.05, 0.1) is 0 Å². The summed E-state index contributed by atoms with van der Waals surface area (Å²) >= 11 is 0. The summed E-state index contributed by atoms with van der Waals surface area (Å²) in [5.74, 6) is 0. The number of carbonyl (C=O) groups is 2. The van der Waals surface area contributed by atoms with Crippen molar-refractivity contribution in [2.45, 2.75) is 6.54 Å². The molecule has 0 spiro atoms. The van der Waals surface area contributed by atoms with Crippen LogP contribution in [0.25, 0.3) is 0 Å². The molecule has 3 rings (SSSR count). The van der Waals surface area contributed by atoms with Crippen molar-refractivity contribution in [1.29, 1.82) is 0 Å². The molecule has 0 aliphatic carbocycles. The van der Waals surface area contributed by atoms with Gasteiger partial charge in [0.2, 0.25) is 0 Å². The Bertz CT molecular complexity index is 643. The Morgan fingerprint density at radius 2 is 1.48 bits per heavy atom. The Morgan fingerprint density at radius 3 is 2.14 bits per heavy atom. The van der Waals surface area contributed by atoms with Gasteiger partial charge in [0.25, 0.3) is 0 Å². The molecule has 5 heteroatoms. The van der Waals surface area contributed by atoms with E-state index in [1.54, 1.807) is 4.90 Å². The molecule has 1 aliphatic rings. The number of rotatable bonds is 3. The molecule has 0 saturated carbocycles. The van der Waals surface area contributed by atoms with E-state index in [9.17, 15) is 9.59 Å². The van der Waals surface area contributed by atoms with Gasteiger partial charge < -0.3 is 4.90 Å². The summed E-state index contributed by atoms with van der Waals surface area (Å²) in [6, 6.07) is 17.9. The molecule has 1 radical (unpaired) electrons. The fraction of sp³-hybridized carbons (Fsp3) is 0.125. The summed E-state index contributed by atoms with van der Waals surface area (Å²) in [6.45, 7) is 0.639. The standard InChI is InChI=1S/C16H14N3O2/c20-15-17-16(21)19(14-9-5-2-6-10-14)12-18(15)11-13-7-3-1-4-8-13/h1-10H,11-12H2. The largest absolute Gasteiger partial charge is 0.354 e. The van der Waals surface area contributed by atoms with Crippen LogP contribution in [0.4, 0.5) is 15.3 Å². The number of anilines is 1. The normalized spacial score (nSPS) is 15.0. The summed E-state index contributed by atoms with van der Waals surface area (Å²) in [4.78, 5) is 26.8. The molecule has 1 heterocycles. The lowest BCUT2D eigenvalue weighted by molar-refractivity contribution is 0.181. The first-order valence-electron chi connectivity index (χ1n) is 6.65. The number of amides is 4. The minimum atomic E-state index is -0.518. The van der Waals surface area contributed by atoms with Crippen LogP contribution in [0.15, 0.2) is 60.7 Å². The van der Waals surface area contributed by atoms with E-state index in [0.29, 0.717) is 6.54 Å². The van der Waals surface area contributed by atoms with E-state index in [-0.39, 0.29) is 6.67 Å². The highest BCUT2D eigenvalue weighted by atomic mass is 16.2. The lowest BCUT2D eigenvalue weighted by atomic mass is 10.2. The molecule has 1 aliphatic heterocycles. The topological polar surface area (TPSA) is 54.7 Å². The Labute approximate surface area is 122 Å². The fourth-order valence-corrected chi connectivity index (χ4v) is 2.23. The molecule has 2 aromatic carbocycles. The maximum atomic E-state index is 11.9. The van der Waals surface area contributed by atoms with Crippen molar-refractivity contribution in [3.05, 3.63) is 66.2 Å². The third-order valence-electron chi connectivity index (χ3n) is 3.29. The number of nitrogens with zero attached hydrogens (tertiary/aromatic N) is 3. The van der Waals surface area contributed by atoms with Crippen LogP contribution in [0.2, 0.25) is 0 Å². The molecule has 2 aromatic rings. The number of benzene rings is 2. The fourth-order valence-electron chi connectivity index (χ4n) is 2.23. The van der Waals surface area contributed by atoms with Gasteiger partial charge in [0, 0.05) is 12.2 Å². The van der Waals surface area contributed by atoms with Crippen molar-refractivity contribution in [3.63, 3.8) is 0 Å². The third kappa shape index (κ3) is 2.86. The van der Waals surface area contributed by atoms with Gasteiger partial charge in [0.15, 0.2) is 0 Å². The second-order valence-corrected chi connectivity index (χ2v) is 4.77. The van der Waals surface area contributed by atoms with Crippen LogP contribution in [-0.4, -0.2) is 23.6 Å². The minimum Gasteiger partial charge on any atom is -0.300 e. The number of para-hydroxylation sites is 1. The first kappa shape index (κ1) is 13.2. The number of urea groups is 2. The molecule has 1 fully saturated rings. The van der Waals surface area contributed by atoms with E-state index in [4.69, 9.17) is 0 Å². The van der Waals surface area contributed by atoms with Gasteiger partial charge in [-0.05, 0) is 17.7 Å². The molecule has 0 aromatic heterocycles. The highest BCUT2D eigenvalue weighted by molar-refractivity contribution is 6.04. The maximum Gasteiger partial charge on any atom is 0.354 e. The van der Waals surface area contributed by atoms with Crippen LogP contribution >= 0.6 is 0 Å². The molecule has 0 N–H and O–H groups in total. The van der Waals surface area contributed by atoms with Crippen LogP contribution in [0.3, 0.4) is 0 Å². The van der Waals surface area contributed by atoms with Gasteiger partial charge in [-0.1, -0.05) is 48.5 Å². The molecule has 21 heavy (non-hydrogen) atoms. The number of carbonyl (C=O) groups excluding carboxylic acids is 2. The van der Waals surface area contributed by atoms with Gasteiger partial charge >= 0.3 is 12.1 Å². The lowest BCUT2D eigenvalue weighted by Crippen LogP contribution is -2.55. The predicted octanol–water partition coefficient (Wildman–Crippen LogP) is 2.81. The monoisotopic (exact) mass is 280 g/mol. The molecule has 0 bridgehead atoms. The molecule has 4 amide bonds. The van der Waals surface area contributed by atoms with E-state index in [2.05, 4.69) is 5.32 Å². The van der Waals surface area contributed by atoms with Crippen LogP contribution in [-0.2, 0) is 6.54 Å². The molecule has 105 valence electrons. The number of hydrogen-bond donors (Lipinski definition) is 0. The average molecular weight is 280 g/mol. The summed E-state index contributed by atoms with van der Waals surface area (Å²) in [5.41, 5.74) is 1.74. The van der Waals surface area contributed by atoms with E-state index in [0.717, 1.165) is 11.3 Å². The molecule has 1 saturated heterocycles. The summed E-state index contributed by atoms with van der Waals surface area (Å²) in [6.07, 6.45) is 0. The predicted molar refractivity (Wildman–Crippen MR) is 78.7 cm³/mol. The summed E-state index contributed by atoms with van der Waals surface area (Å²) in [5, 5.41) is 3.59. The minimum absolute atomic E-state index is 0.208. The van der Waals surface area contributed by atoms with Crippen molar-refractivity contribution in [2.24, 2.45) is 0 Å². The lowest BCUT2D eigenvalue weighted by Gasteiger charge is -2.34. The van der Waals surface area contributed by atoms with Crippen molar-refractivity contribution in [1.82, 2.24) is 10.2 Å². The molecule has 0 unspecified atom stereocenters. The number of imide groups is 1. The first-order valence-corrected chi connectivity index (χ1v) is 6.65. The zero-order valence-corrected chi connectivity index (χ0v) is 11.3. The van der Waals surface area contributed by atoms with Gasteiger partial charge in [-0.25, -0.2) is 9.59 Å².